The molecule has 172 valence electrons. The molecule has 0 aliphatic carbocycles. The van der Waals surface area contributed by atoms with Crippen LogP contribution >= 0.6 is 0 Å². The van der Waals surface area contributed by atoms with Crippen LogP contribution in [0.4, 0.5) is 4.39 Å². The number of aromatic nitrogens is 3. The van der Waals surface area contributed by atoms with E-state index in [1.165, 1.54) is 12.1 Å². The Morgan fingerprint density at radius 3 is 2.26 bits per heavy atom. The van der Waals surface area contributed by atoms with Gasteiger partial charge in [-0.05, 0) is 42.0 Å². The Morgan fingerprint density at radius 2 is 1.62 bits per heavy atom. The fraction of sp³-hybridized carbons (Fsp3) is 0.292. The van der Waals surface area contributed by atoms with Crippen LogP contribution in [0.1, 0.15) is 43.8 Å². The monoisotopic (exact) mass is 460 g/mol. The lowest BCUT2D eigenvalue weighted by Gasteiger charge is -2.34. The first-order chi connectivity index (χ1) is 16.5. The number of benzene rings is 2. The van der Waals surface area contributed by atoms with Crippen molar-refractivity contribution in [3.8, 4) is 6.07 Å². The van der Waals surface area contributed by atoms with Gasteiger partial charge < -0.3 is 14.5 Å². The Labute approximate surface area is 194 Å². The zero-order chi connectivity index (χ0) is 23.7. The Morgan fingerprint density at radius 1 is 0.971 bits per heavy atom. The number of ether oxygens (including phenoxy) is 1. The molecule has 2 aliphatic heterocycles. The first-order valence-electron chi connectivity index (χ1n) is 10.9. The Balaban J connectivity index is 1.21. The molecule has 2 amide bonds. The highest BCUT2D eigenvalue weighted by molar-refractivity contribution is 5.95. The van der Waals surface area contributed by atoms with Crippen LogP contribution in [-0.2, 0) is 17.9 Å². The van der Waals surface area contributed by atoms with E-state index in [1.807, 2.05) is 6.07 Å². The molecule has 0 bridgehead atoms. The molecule has 1 aromatic heterocycles. The van der Waals surface area contributed by atoms with E-state index in [9.17, 15) is 14.0 Å². The molecule has 0 N–H and O–H groups in total. The molecule has 2 aromatic carbocycles. The van der Waals surface area contributed by atoms with Crippen LogP contribution in [0.25, 0.3) is 0 Å². The minimum Gasteiger partial charge on any atom is -0.365 e. The predicted molar refractivity (Wildman–Crippen MR) is 117 cm³/mol. The van der Waals surface area contributed by atoms with Crippen LogP contribution in [0.3, 0.4) is 0 Å². The van der Waals surface area contributed by atoms with Gasteiger partial charge in [0.15, 0.2) is 5.69 Å². The molecular weight excluding hydrogens is 439 g/mol. The van der Waals surface area contributed by atoms with Crippen molar-refractivity contribution in [3.63, 3.8) is 0 Å². The van der Waals surface area contributed by atoms with Gasteiger partial charge in [0.25, 0.3) is 11.8 Å². The minimum absolute atomic E-state index is 0.127. The summed E-state index contributed by atoms with van der Waals surface area (Å²) >= 11 is 0. The summed E-state index contributed by atoms with van der Waals surface area (Å²) in [6.07, 6.45) is -0.297. The van der Waals surface area contributed by atoms with Gasteiger partial charge in [0.1, 0.15) is 11.9 Å². The number of nitriles is 1. The third-order valence-electron chi connectivity index (χ3n) is 6.16. The van der Waals surface area contributed by atoms with E-state index in [2.05, 4.69) is 10.3 Å². The van der Waals surface area contributed by atoms with E-state index in [0.29, 0.717) is 49.5 Å². The average Bonchev–Trinajstić information content (AvgIpc) is 3.32. The summed E-state index contributed by atoms with van der Waals surface area (Å²) in [5, 5.41) is 17.2. The van der Waals surface area contributed by atoms with E-state index in [-0.39, 0.29) is 36.0 Å². The van der Waals surface area contributed by atoms with Gasteiger partial charge in [-0.25, -0.2) is 9.07 Å². The number of hydrogen-bond donors (Lipinski definition) is 0. The van der Waals surface area contributed by atoms with Gasteiger partial charge in [-0.2, -0.15) is 5.26 Å². The van der Waals surface area contributed by atoms with E-state index in [0.717, 1.165) is 5.56 Å². The van der Waals surface area contributed by atoms with Crippen molar-refractivity contribution in [1.29, 1.82) is 5.26 Å². The fourth-order valence-corrected chi connectivity index (χ4v) is 4.19. The number of amides is 2. The maximum atomic E-state index is 13.2. The van der Waals surface area contributed by atoms with Crippen molar-refractivity contribution in [2.24, 2.45) is 0 Å². The molecule has 0 unspecified atom stereocenters. The van der Waals surface area contributed by atoms with Crippen molar-refractivity contribution in [3.05, 3.63) is 82.4 Å². The van der Waals surface area contributed by atoms with Crippen LogP contribution in [0.5, 0.6) is 0 Å². The number of carbonyl (C=O) groups is 2. The van der Waals surface area contributed by atoms with Crippen molar-refractivity contribution in [1.82, 2.24) is 24.8 Å². The summed E-state index contributed by atoms with van der Waals surface area (Å²) in [5.74, 6) is -0.680. The summed E-state index contributed by atoms with van der Waals surface area (Å²) < 4.78 is 20.8. The Hall–Kier alpha value is -4.10. The van der Waals surface area contributed by atoms with E-state index in [1.54, 1.807) is 50.9 Å². The zero-order valence-corrected chi connectivity index (χ0v) is 18.2. The average molecular weight is 460 g/mol. The molecule has 0 saturated carbocycles. The van der Waals surface area contributed by atoms with Crippen molar-refractivity contribution in [2.75, 3.05) is 26.2 Å². The van der Waals surface area contributed by atoms with Crippen LogP contribution < -0.4 is 0 Å². The maximum Gasteiger partial charge on any atom is 0.276 e. The lowest BCUT2D eigenvalue weighted by atomic mass is 10.1. The van der Waals surface area contributed by atoms with Gasteiger partial charge in [0, 0.05) is 31.7 Å². The molecule has 0 radical (unpaired) electrons. The third-order valence-corrected chi connectivity index (χ3v) is 6.16. The van der Waals surface area contributed by atoms with Crippen LogP contribution in [0.2, 0.25) is 0 Å². The highest BCUT2D eigenvalue weighted by Gasteiger charge is 2.32. The molecule has 0 spiro atoms. The summed E-state index contributed by atoms with van der Waals surface area (Å²) in [5.41, 5.74) is 2.71. The number of fused-ring (bicyclic) bond motifs is 1. The van der Waals surface area contributed by atoms with Crippen LogP contribution in [0.15, 0.2) is 48.5 Å². The van der Waals surface area contributed by atoms with Crippen LogP contribution in [-0.4, -0.2) is 62.8 Å². The number of halogens is 1. The molecule has 1 fully saturated rings. The van der Waals surface area contributed by atoms with Gasteiger partial charge >= 0.3 is 0 Å². The van der Waals surface area contributed by atoms with E-state index in [4.69, 9.17) is 10.00 Å². The second-order valence-electron chi connectivity index (χ2n) is 8.19. The molecule has 1 atom stereocenters. The molecule has 3 heterocycles. The summed E-state index contributed by atoms with van der Waals surface area (Å²) in [6.45, 7) is 2.12. The number of hydrogen-bond acceptors (Lipinski definition) is 6. The summed E-state index contributed by atoms with van der Waals surface area (Å²) in [6, 6.07) is 14.7. The largest absolute Gasteiger partial charge is 0.365 e. The number of piperazine rings is 1. The molecule has 9 nitrogen and oxygen atoms in total. The quantitative estimate of drug-likeness (QED) is 0.593. The SMILES string of the molecule is N#Cc1ccc(C(=O)N2CCN(C(=O)c3nnn4c3CO[C@H](c3ccc(F)cc3)C4)CC2)cc1. The van der Waals surface area contributed by atoms with E-state index < -0.39 is 0 Å². The van der Waals surface area contributed by atoms with Crippen LogP contribution in [0, 0.1) is 17.1 Å². The second-order valence-corrected chi connectivity index (χ2v) is 8.19. The third kappa shape index (κ3) is 4.13. The van der Waals surface area contributed by atoms with Crippen molar-refractivity contribution >= 4 is 11.8 Å². The molecule has 1 saturated heterocycles. The van der Waals surface area contributed by atoms with E-state index >= 15 is 0 Å². The van der Waals surface area contributed by atoms with Crippen molar-refractivity contribution in [2.45, 2.75) is 19.3 Å². The maximum absolute atomic E-state index is 13.2. The molecule has 3 aromatic rings. The first-order valence-corrected chi connectivity index (χ1v) is 10.9. The highest BCUT2D eigenvalue weighted by atomic mass is 19.1. The zero-order valence-electron chi connectivity index (χ0n) is 18.2. The minimum atomic E-state index is -0.312. The topological polar surface area (TPSA) is 104 Å². The van der Waals surface area contributed by atoms with Gasteiger partial charge in [0.2, 0.25) is 0 Å². The number of carbonyl (C=O) groups excluding carboxylic acids is 2. The summed E-state index contributed by atoms with van der Waals surface area (Å²) in [4.78, 5) is 29.2. The van der Waals surface area contributed by atoms with Gasteiger partial charge in [-0.1, -0.05) is 17.3 Å². The number of nitrogens with zero attached hydrogens (tertiary/aromatic N) is 6. The van der Waals surface area contributed by atoms with Crippen molar-refractivity contribution < 1.29 is 18.7 Å². The first kappa shape index (κ1) is 21.7. The van der Waals surface area contributed by atoms with Gasteiger partial charge in [-0.3, -0.25) is 9.59 Å². The van der Waals surface area contributed by atoms with Gasteiger partial charge in [0.05, 0.1) is 30.5 Å². The highest BCUT2D eigenvalue weighted by Crippen LogP contribution is 2.27. The predicted octanol–water partition coefficient (Wildman–Crippen LogP) is 2.16. The fourth-order valence-electron chi connectivity index (χ4n) is 4.19. The molecule has 2 aliphatic rings. The van der Waals surface area contributed by atoms with Gasteiger partial charge in [-0.15, -0.1) is 5.10 Å². The lowest BCUT2D eigenvalue weighted by Crippen LogP contribution is -2.50. The number of rotatable bonds is 3. The Kier molecular flexibility index (Phi) is 5.77. The molecule has 34 heavy (non-hydrogen) atoms. The summed E-state index contributed by atoms with van der Waals surface area (Å²) in [7, 11) is 0. The lowest BCUT2D eigenvalue weighted by molar-refractivity contribution is -0.00206. The molecular formula is C24H21FN6O3. The molecule has 5 rings (SSSR count). The molecule has 10 heteroatoms. The second kappa shape index (κ2) is 9.03. The normalized spacial score (nSPS) is 17.7. The smallest absolute Gasteiger partial charge is 0.276 e. The Bertz CT molecular complexity index is 1260. The standard InChI is InChI=1S/C24H21FN6O3/c25-19-7-5-17(6-8-19)21-14-31-20(15-34-21)22(27-28-31)24(33)30-11-9-29(10-12-30)23(32)18-3-1-16(13-26)2-4-18/h1-8,21H,9-12,14-15H2/t21-/m0/s1.